The molecule has 0 bridgehead atoms. The Labute approximate surface area is 112 Å². The molecular formula is C13H17N3OS. The topological polar surface area (TPSA) is 62.4 Å². The summed E-state index contributed by atoms with van der Waals surface area (Å²) in [6.07, 6.45) is 3.66. The molecule has 0 aromatic carbocycles. The second-order valence-corrected chi connectivity index (χ2v) is 5.65. The van der Waals surface area contributed by atoms with E-state index in [1.165, 1.54) is 0 Å². The number of rotatable bonds is 2. The average Bonchev–Trinajstić information content (AvgIpc) is 2.92. The smallest absolute Gasteiger partial charge is 0.138 e. The van der Waals surface area contributed by atoms with E-state index in [9.17, 15) is 5.11 Å². The van der Waals surface area contributed by atoms with Gasteiger partial charge in [0.05, 0.1) is 11.7 Å². The molecule has 3 unspecified atom stereocenters. The van der Waals surface area contributed by atoms with Gasteiger partial charge in [-0.3, -0.25) is 0 Å². The first-order chi connectivity index (χ1) is 8.66. The van der Waals surface area contributed by atoms with Crippen LogP contribution in [0.15, 0.2) is 18.3 Å². The van der Waals surface area contributed by atoms with Gasteiger partial charge in [-0.1, -0.05) is 12.2 Å². The number of anilines is 1. The predicted octanol–water partition coefficient (Wildman–Crippen LogP) is 0.923. The van der Waals surface area contributed by atoms with Crippen molar-refractivity contribution in [2.75, 3.05) is 18.0 Å². The van der Waals surface area contributed by atoms with Crippen molar-refractivity contribution in [2.45, 2.75) is 18.9 Å². The van der Waals surface area contributed by atoms with Gasteiger partial charge < -0.3 is 15.7 Å². The Morgan fingerprint density at radius 2 is 2.28 bits per heavy atom. The average molecular weight is 263 g/mol. The summed E-state index contributed by atoms with van der Waals surface area (Å²) < 4.78 is 0. The van der Waals surface area contributed by atoms with Gasteiger partial charge in [-0.15, -0.1) is 0 Å². The molecule has 3 atom stereocenters. The lowest BCUT2D eigenvalue weighted by Crippen LogP contribution is -2.27. The summed E-state index contributed by atoms with van der Waals surface area (Å²) in [6, 6.07) is 3.76. The zero-order chi connectivity index (χ0) is 12.7. The van der Waals surface area contributed by atoms with Crippen molar-refractivity contribution in [1.82, 2.24) is 4.98 Å². The summed E-state index contributed by atoms with van der Waals surface area (Å²) in [5, 5.41) is 9.94. The van der Waals surface area contributed by atoms with Crippen LogP contribution < -0.4 is 10.6 Å². The molecule has 18 heavy (non-hydrogen) atoms. The van der Waals surface area contributed by atoms with Gasteiger partial charge in [0, 0.05) is 25.2 Å². The second kappa shape index (κ2) is 4.48. The molecule has 5 heteroatoms. The number of nitrogens with zero attached hydrogens (tertiary/aromatic N) is 2. The van der Waals surface area contributed by atoms with E-state index in [0.29, 0.717) is 16.8 Å². The van der Waals surface area contributed by atoms with Gasteiger partial charge in [-0.2, -0.15) is 0 Å². The molecule has 3 N–H and O–H groups in total. The minimum absolute atomic E-state index is 0.156. The van der Waals surface area contributed by atoms with Crippen LogP contribution in [-0.2, 0) is 0 Å². The summed E-state index contributed by atoms with van der Waals surface area (Å²) >= 11 is 5.07. The van der Waals surface area contributed by atoms with Gasteiger partial charge in [-0.25, -0.2) is 4.98 Å². The third-order valence-corrected chi connectivity index (χ3v) is 4.39. The minimum Gasteiger partial charge on any atom is -0.393 e. The van der Waals surface area contributed by atoms with Crippen molar-refractivity contribution in [1.29, 1.82) is 0 Å². The first-order valence-corrected chi connectivity index (χ1v) is 6.75. The van der Waals surface area contributed by atoms with Gasteiger partial charge in [-0.05, 0) is 30.9 Å². The van der Waals surface area contributed by atoms with Crippen LogP contribution in [0.2, 0.25) is 0 Å². The lowest BCUT2D eigenvalue weighted by atomic mass is 10.00. The predicted molar refractivity (Wildman–Crippen MR) is 74.6 cm³/mol. The molecule has 1 saturated heterocycles. The molecule has 1 aliphatic carbocycles. The molecule has 2 heterocycles. The highest BCUT2D eigenvalue weighted by atomic mass is 32.1. The standard InChI is InChI=1S/C13H17N3OS/c14-12(18)9-2-1-5-15-13(9)16-6-8-3-4-11(17)10(8)7-16/h1-2,5,8,10-11,17H,3-4,6-7H2,(H2,14,18). The van der Waals surface area contributed by atoms with Crippen LogP contribution in [0, 0.1) is 11.8 Å². The highest BCUT2D eigenvalue weighted by Crippen LogP contribution is 2.39. The van der Waals surface area contributed by atoms with Gasteiger partial charge >= 0.3 is 0 Å². The van der Waals surface area contributed by atoms with Crippen molar-refractivity contribution >= 4 is 23.0 Å². The summed E-state index contributed by atoms with van der Waals surface area (Å²) in [7, 11) is 0. The zero-order valence-electron chi connectivity index (χ0n) is 10.1. The molecule has 0 radical (unpaired) electrons. The maximum atomic E-state index is 9.94. The van der Waals surface area contributed by atoms with Crippen LogP contribution in [0.5, 0.6) is 0 Å². The van der Waals surface area contributed by atoms with Gasteiger partial charge in [0.2, 0.25) is 0 Å². The maximum absolute atomic E-state index is 9.94. The van der Waals surface area contributed by atoms with Crippen LogP contribution >= 0.6 is 12.2 Å². The summed E-state index contributed by atoms with van der Waals surface area (Å²) in [6.45, 7) is 1.81. The van der Waals surface area contributed by atoms with Crippen LogP contribution in [0.1, 0.15) is 18.4 Å². The van der Waals surface area contributed by atoms with Crippen molar-refractivity contribution in [3.05, 3.63) is 23.9 Å². The molecule has 1 aromatic rings. The molecule has 3 rings (SSSR count). The maximum Gasteiger partial charge on any atom is 0.138 e. The van der Waals surface area contributed by atoms with E-state index < -0.39 is 0 Å². The number of thiocarbonyl (C=S) groups is 1. The quantitative estimate of drug-likeness (QED) is 0.777. The van der Waals surface area contributed by atoms with Gasteiger partial charge in [0.15, 0.2) is 0 Å². The molecule has 1 aromatic heterocycles. The largest absolute Gasteiger partial charge is 0.393 e. The first-order valence-electron chi connectivity index (χ1n) is 6.34. The fourth-order valence-electron chi connectivity index (χ4n) is 3.25. The number of aliphatic hydroxyl groups is 1. The van der Waals surface area contributed by atoms with E-state index in [2.05, 4.69) is 9.88 Å². The van der Waals surface area contributed by atoms with Crippen LogP contribution in [-0.4, -0.2) is 34.3 Å². The fourth-order valence-corrected chi connectivity index (χ4v) is 3.41. The SMILES string of the molecule is NC(=S)c1cccnc1N1CC2CCC(O)C2C1. The van der Waals surface area contributed by atoms with E-state index in [-0.39, 0.29) is 6.10 Å². The van der Waals surface area contributed by atoms with Crippen molar-refractivity contribution in [3.63, 3.8) is 0 Å². The minimum atomic E-state index is -0.156. The first kappa shape index (κ1) is 11.9. The zero-order valence-corrected chi connectivity index (χ0v) is 10.9. The van der Waals surface area contributed by atoms with Crippen LogP contribution in [0.3, 0.4) is 0 Å². The molecule has 1 aliphatic heterocycles. The van der Waals surface area contributed by atoms with E-state index in [1.54, 1.807) is 6.20 Å². The molecule has 96 valence electrons. The van der Waals surface area contributed by atoms with Crippen molar-refractivity contribution in [3.8, 4) is 0 Å². The lowest BCUT2D eigenvalue weighted by molar-refractivity contribution is 0.133. The Kier molecular flexibility index (Phi) is 2.95. The summed E-state index contributed by atoms with van der Waals surface area (Å²) in [5.41, 5.74) is 6.58. The fraction of sp³-hybridized carbons (Fsp3) is 0.538. The molecule has 0 amide bonds. The highest BCUT2D eigenvalue weighted by Gasteiger charge is 2.42. The van der Waals surface area contributed by atoms with E-state index >= 15 is 0 Å². The molecule has 1 saturated carbocycles. The molecular weight excluding hydrogens is 246 g/mol. The Morgan fingerprint density at radius 1 is 1.44 bits per heavy atom. The lowest BCUT2D eigenvalue weighted by Gasteiger charge is -2.21. The normalized spacial score (nSPS) is 30.5. The van der Waals surface area contributed by atoms with E-state index in [4.69, 9.17) is 18.0 Å². The number of aromatic nitrogens is 1. The number of aliphatic hydroxyl groups excluding tert-OH is 1. The van der Waals surface area contributed by atoms with Crippen molar-refractivity contribution in [2.24, 2.45) is 17.6 Å². The van der Waals surface area contributed by atoms with Crippen LogP contribution in [0.4, 0.5) is 5.82 Å². The third kappa shape index (κ3) is 1.87. The second-order valence-electron chi connectivity index (χ2n) is 5.21. The van der Waals surface area contributed by atoms with E-state index in [1.807, 2.05) is 12.1 Å². The van der Waals surface area contributed by atoms with Gasteiger partial charge in [0.25, 0.3) is 0 Å². The number of fused-ring (bicyclic) bond motifs is 1. The summed E-state index contributed by atoms with van der Waals surface area (Å²) in [5.74, 6) is 1.83. The molecule has 0 spiro atoms. The Bertz CT molecular complexity index is 479. The molecule has 2 fully saturated rings. The third-order valence-electron chi connectivity index (χ3n) is 4.17. The highest BCUT2D eigenvalue weighted by molar-refractivity contribution is 7.80. The number of nitrogens with two attached hydrogens (primary N) is 1. The molecule has 2 aliphatic rings. The Hall–Kier alpha value is -1.20. The van der Waals surface area contributed by atoms with Crippen molar-refractivity contribution < 1.29 is 5.11 Å². The monoisotopic (exact) mass is 263 g/mol. The van der Waals surface area contributed by atoms with Gasteiger partial charge in [0.1, 0.15) is 10.8 Å². The summed E-state index contributed by atoms with van der Waals surface area (Å²) in [4.78, 5) is 7.01. The number of pyridine rings is 1. The van der Waals surface area contributed by atoms with E-state index in [0.717, 1.165) is 37.3 Å². The number of hydrogen-bond donors (Lipinski definition) is 2. The molecule has 4 nitrogen and oxygen atoms in total. The number of hydrogen-bond acceptors (Lipinski definition) is 4. The Balaban J connectivity index is 1.87. The Morgan fingerprint density at radius 3 is 3.00 bits per heavy atom. The van der Waals surface area contributed by atoms with Crippen LogP contribution in [0.25, 0.3) is 0 Å².